The van der Waals surface area contributed by atoms with Crippen LogP contribution in [0.15, 0.2) is 0 Å². The van der Waals surface area contributed by atoms with Crippen LogP contribution in [0.25, 0.3) is 0 Å². The first-order chi connectivity index (χ1) is 6.45. The molecule has 0 bridgehead atoms. The molecule has 82 valence electrons. The molecule has 1 N–H and O–H groups in total. The number of rotatable bonds is 2. The van der Waals surface area contributed by atoms with Crippen LogP contribution in [-0.4, -0.2) is 47.3 Å². The summed E-state index contributed by atoms with van der Waals surface area (Å²) in [6.45, 7) is 6.85. The first kappa shape index (κ1) is 11.5. The lowest BCUT2D eigenvalue weighted by molar-refractivity contribution is -0.156. The zero-order valence-corrected chi connectivity index (χ0v) is 9.12. The summed E-state index contributed by atoms with van der Waals surface area (Å²) in [6, 6.07) is 0. The molecule has 0 aliphatic carbocycles. The number of aliphatic hydroxyl groups excluding tert-OH is 1. The summed E-state index contributed by atoms with van der Waals surface area (Å²) in [5.74, 6) is 0.0340. The van der Waals surface area contributed by atoms with Crippen molar-refractivity contribution in [2.75, 3.05) is 19.8 Å². The van der Waals surface area contributed by atoms with E-state index in [2.05, 4.69) is 0 Å². The second-order valence-corrected chi connectivity index (χ2v) is 4.62. The number of nitrogens with zero attached hydrogens (tertiary/aromatic N) is 1. The molecule has 4 nitrogen and oxygen atoms in total. The molecular formula is C10H19NO3. The summed E-state index contributed by atoms with van der Waals surface area (Å²) >= 11 is 0. The van der Waals surface area contributed by atoms with E-state index >= 15 is 0 Å². The number of carbonyl (C=O) groups is 1. The first-order valence-electron chi connectivity index (χ1n) is 4.98. The smallest absolute Gasteiger partial charge is 0.249 e. The number of carbonyl (C=O) groups excluding carboxylic acids is 1. The highest BCUT2D eigenvalue weighted by Crippen LogP contribution is 2.19. The van der Waals surface area contributed by atoms with Gasteiger partial charge in [0.15, 0.2) is 0 Å². The van der Waals surface area contributed by atoms with Gasteiger partial charge in [-0.2, -0.15) is 0 Å². The number of amides is 1. The van der Waals surface area contributed by atoms with Gasteiger partial charge in [0, 0.05) is 18.7 Å². The average molecular weight is 201 g/mol. The second-order valence-electron chi connectivity index (χ2n) is 4.62. The van der Waals surface area contributed by atoms with Gasteiger partial charge in [-0.3, -0.25) is 4.79 Å². The van der Waals surface area contributed by atoms with Crippen LogP contribution >= 0.6 is 0 Å². The van der Waals surface area contributed by atoms with Gasteiger partial charge in [-0.25, -0.2) is 0 Å². The van der Waals surface area contributed by atoms with Crippen LogP contribution in [0.2, 0.25) is 0 Å². The predicted molar refractivity (Wildman–Crippen MR) is 52.9 cm³/mol. The monoisotopic (exact) mass is 201 g/mol. The standard InChI is InChI=1S/C10H19NO3/c1-10(2,3)11-6-8(4-5-12)14-7-9(11)13/h8,12H,4-7H2,1-3H3. The number of ether oxygens (including phenoxy) is 1. The third-order valence-electron chi connectivity index (χ3n) is 2.39. The summed E-state index contributed by atoms with van der Waals surface area (Å²) in [5.41, 5.74) is -0.158. The maximum atomic E-state index is 11.5. The van der Waals surface area contributed by atoms with Gasteiger partial charge in [0.1, 0.15) is 6.61 Å². The number of morpholine rings is 1. The Hall–Kier alpha value is -0.610. The van der Waals surface area contributed by atoms with Gasteiger partial charge in [-0.05, 0) is 27.2 Å². The second kappa shape index (κ2) is 4.28. The minimum atomic E-state index is -0.158. The Morgan fingerprint density at radius 2 is 2.21 bits per heavy atom. The molecule has 1 fully saturated rings. The Bertz CT molecular complexity index is 210. The number of hydrogen-bond acceptors (Lipinski definition) is 3. The maximum absolute atomic E-state index is 11.5. The number of aliphatic hydroxyl groups is 1. The van der Waals surface area contributed by atoms with Gasteiger partial charge in [0.2, 0.25) is 5.91 Å². The Morgan fingerprint density at radius 1 is 1.57 bits per heavy atom. The Kier molecular flexibility index (Phi) is 3.50. The van der Waals surface area contributed by atoms with Crippen LogP contribution in [-0.2, 0) is 9.53 Å². The Balaban J connectivity index is 2.60. The fourth-order valence-electron chi connectivity index (χ4n) is 1.59. The third kappa shape index (κ3) is 2.69. The molecule has 0 spiro atoms. The van der Waals surface area contributed by atoms with Crippen molar-refractivity contribution in [1.29, 1.82) is 0 Å². The molecule has 1 amide bonds. The predicted octanol–water partition coefficient (Wildman–Crippen LogP) is 0.395. The molecule has 1 heterocycles. The van der Waals surface area contributed by atoms with E-state index in [1.165, 1.54) is 0 Å². The average Bonchev–Trinajstić information content (AvgIpc) is 2.07. The van der Waals surface area contributed by atoms with E-state index in [1.54, 1.807) is 0 Å². The molecule has 14 heavy (non-hydrogen) atoms. The first-order valence-corrected chi connectivity index (χ1v) is 4.98. The largest absolute Gasteiger partial charge is 0.396 e. The lowest BCUT2D eigenvalue weighted by Crippen LogP contribution is -2.54. The van der Waals surface area contributed by atoms with E-state index in [-0.39, 0.29) is 30.8 Å². The quantitative estimate of drug-likeness (QED) is 0.703. The molecule has 0 aromatic heterocycles. The summed E-state index contributed by atoms with van der Waals surface area (Å²) in [5, 5.41) is 8.79. The van der Waals surface area contributed by atoms with Gasteiger partial charge < -0.3 is 14.7 Å². The maximum Gasteiger partial charge on any atom is 0.249 e. The lowest BCUT2D eigenvalue weighted by atomic mass is 10.0. The van der Waals surface area contributed by atoms with E-state index in [1.807, 2.05) is 25.7 Å². The van der Waals surface area contributed by atoms with Gasteiger partial charge >= 0.3 is 0 Å². The van der Waals surface area contributed by atoms with E-state index in [9.17, 15) is 4.79 Å². The van der Waals surface area contributed by atoms with E-state index in [0.29, 0.717) is 13.0 Å². The molecule has 0 radical (unpaired) electrons. The molecule has 0 aromatic rings. The summed E-state index contributed by atoms with van der Waals surface area (Å²) < 4.78 is 5.30. The van der Waals surface area contributed by atoms with E-state index < -0.39 is 0 Å². The van der Waals surface area contributed by atoms with Crippen molar-refractivity contribution in [3.63, 3.8) is 0 Å². The molecule has 4 heteroatoms. The molecule has 1 saturated heterocycles. The molecule has 0 aromatic carbocycles. The van der Waals surface area contributed by atoms with E-state index in [4.69, 9.17) is 9.84 Å². The van der Waals surface area contributed by atoms with Gasteiger partial charge in [0.25, 0.3) is 0 Å². The minimum Gasteiger partial charge on any atom is -0.396 e. The SMILES string of the molecule is CC(C)(C)N1CC(CCO)OCC1=O. The fourth-order valence-corrected chi connectivity index (χ4v) is 1.59. The van der Waals surface area contributed by atoms with Gasteiger partial charge in [-0.15, -0.1) is 0 Å². The van der Waals surface area contributed by atoms with Crippen LogP contribution < -0.4 is 0 Å². The molecule has 1 rings (SSSR count). The van der Waals surface area contributed by atoms with Crippen molar-refractivity contribution in [3.05, 3.63) is 0 Å². The molecular weight excluding hydrogens is 182 g/mol. The highest BCUT2D eigenvalue weighted by Gasteiger charge is 2.32. The van der Waals surface area contributed by atoms with E-state index in [0.717, 1.165) is 0 Å². The van der Waals surface area contributed by atoms with Crippen molar-refractivity contribution in [2.24, 2.45) is 0 Å². The highest BCUT2D eigenvalue weighted by atomic mass is 16.5. The molecule has 0 saturated carbocycles. The zero-order chi connectivity index (χ0) is 10.8. The molecule has 1 atom stereocenters. The van der Waals surface area contributed by atoms with Crippen LogP contribution in [0.3, 0.4) is 0 Å². The van der Waals surface area contributed by atoms with Crippen molar-refractivity contribution < 1.29 is 14.6 Å². The third-order valence-corrected chi connectivity index (χ3v) is 2.39. The van der Waals surface area contributed by atoms with Crippen molar-refractivity contribution in [1.82, 2.24) is 4.90 Å². The topological polar surface area (TPSA) is 49.8 Å². The zero-order valence-electron chi connectivity index (χ0n) is 9.12. The lowest BCUT2D eigenvalue weighted by Gasteiger charge is -2.41. The van der Waals surface area contributed by atoms with Crippen LogP contribution in [0.4, 0.5) is 0 Å². The molecule has 1 aliphatic heterocycles. The number of hydrogen-bond donors (Lipinski definition) is 1. The van der Waals surface area contributed by atoms with Crippen molar-refractivity contribution in [2.45, 2.75) is 38.8 Å². The van der Waals surface area contributed by atoms with Crippen molar-refractivity contribution in [3.8, 4) is 0 Å². The van der Waals surface area contributed by atoms with Gasteiger partial charge in [-0.1, -0.05) is 0 Å². The van der Waals surface area contributed by atoms with Crippen LogP contribution in [0.1, 0.15) is 27.2 Å². The van der Waals surface area contributed by atoms with Crippen LogP contribution in [0, 0.1) is 0 Å². The van der Waals surface area contributed by atoms with Gasteiger partial charge in [0.05, 0.1) is 6.10 Å². The summed E-state index contributed by atoms with van der Waals surface area (Å²) in [4.78, 5) is 13.3. The molecule has 1 unspecified atom stereocenters. The van der Waals surface area contributed by atoms with Crippen molar-refractivity contribution >= 4 is 5.91 Å². The van der Waals surface area contributed by atoms with Crippen LogP contribution in [0.5, 0.6) is 0 Å². The minimum absolute atomic E-state index is 0.0167. The fraction of sp³-hybridized carbons (Fsp3) is 0.900. The highest BCUT2D eigenvalue weighted by molar-refractivity contribution is 5.78. The summed E-state index contributed by atoms with van der Waals surface area (Å²) in [7, 11) is 0. The summed E-state index contributed by atoms with van der Waals surface area (Å²) in [6.07, 6.45) is 0.580. The molecule has 1 aliphatic rings. The Labute approximate surface area is 84.8 Å². The Morgan fingerprint density at radius 3 is 2.71 bits per heavy atom. The normalized spacial score (nSPS) is 24.1.